The third-order valence-electron chi connectivity index (χ3n) is 4.75. The molecule has 0 spiro atoms. The monoisotopic (exact) mass is 462 g/mol. The number of unbranched alkanes of at least 4 members (excludes halogenated alkanes) is 2. The fourth-order valence-electron chi connectivity index (χ4n) is 3.11. The van der Waals surface area contributed by atoms with Gasteiger partial charge in [0.05, 0.1) is 23.2 Å². The number of hydrogen-bond acceptors (Lipinski definition) is 6. The summed E-state index contributed by atoms with van der Waals surface area (Å²) in [6, 6.07) is 0. The molecule has 0 aromatic rings. The van der Waals surface area contributed by atoms with Crippen molar-refractivity contribution >= 4 is 12.1 Å². The van der Waals surface area contributed by atoms with Gasteiger partial charge in [0.15, 0.2) is 0 Å². The Balaban J connectivity index is 2.68. The first-order chi connectivity index (χ1) is 15.6. The van der Waals surface area contributed by atoms with Crippen LogP contribution in [0.2, 0.25) is 0 Å². The van der Waals surface area contributed by atoms with Gasteiger partial charge in [-0.3, -0.25) is 9.79 Å². The Morgan fingerprint density at radius 2 is 2.18 bits per heavy atom. The van der Waals surface area contributed by atoms with Gasteiger partial charge in [-0.05, 0) is 59.5 Å². The SMILES string of the molecule is C=C(CCCC/C=N/C1=CC(C(N)NO)CC=C1C(=O)NC/C=C\C(F)=C/C)OC(C)(C)C. The van der Waals surface area contributed by atoms with E-state index >= 15 is 0 Å². The topological polar surface area (TPSA) is 109 Å². The van der Waals surface area contributed by atoms with Crippen molar-refractivity contribution in [3.63, 3.8) is 0 Å². The summed E-state index contributed by atoms with van der Waals surface area (Å²) in [6.07, 6.45) is 12.6. The second kappa shape index (κ2) is 14.6. The number of rotatable bonds is 13. The molecule has 0 heterocycles. The molecule has 0 aliphatic heterocycles. The van der Waals surface area contributed by atoms with Crippen LogP contribution in [0.3, 0.4) is 0 Å². The van der Waals surface area contributed by atoms with Crippen molar-refractivity contribution in [3.05, 3.63) is 59.8 Å². The van der Waals surface area contributed by atoms with Crippen LogP contribution in [-0.2, 0) is 9.53 Å². The van der Waals surface area contributed by atoms with Crippen LogP contribution in [0.1, 0.15) is 59.8 Å². The number of carbonyl (C=O) groups excluding carboxylic acids is 1. The Kier molecular flexibility index (Phi) is 12.6. The van der Waals surface area contributed by atoms with Gasteiger partial charge in [-0.25, -0.2) is 4.39 Å². The second-order valence-corrected chi connectivity index (χ2v) is 8.82. The summed E-state index contributed by atoms with van der Waals surface area (Å²) in [6.45, 7) is 11.7. The van der Waals surface area contributed by atoms with Crippen molar-refractivity contribution in [3.8, 4) is 0 Å². The van der Waals surface area contributed by atoms with E-state index in [0.29, 0.717) is 17.7 Å². The van der Waals surface area contributed by atoms with Crippen LogP contribution in [-0.4, -0.2) is 35.6 Å². The molecule has 0 radical (unpaired) electrons. The van der Waals surface area contributed by atoms with E-state index in [0.717, 1.165) is 31.4 Å². The summed E-state index contributed by atoms with van der Waals surface area (Å²) in [5.41, 5.74) is 8.61. The highest BCUT2D eigenvalue weighted by atomic mass is 19.1. The summed E-state index contributed by atoms with van der Waals surface area (Å²) in [7, 11) is 0. The standard InChI is InChI=1S/C25H39FN4O3/c1-6-20(26)12-10-16-29-24(31)21-14-13-19(23(27)30-32)17-22(21)28-15-9-7-8-11-18(2)33-25(3,4)5/h6,10,12,14-15,17,19,23,30,32H,2,7-9,11,13,16,27H2,1,3-5H3,(H,29,31)/b12-10-,20-6+,28-15+. The number of allylic oxidation sites excluding steroid dienone is 5. The summed E-state index contributed by atoms with van der Waals surface area (Å²) in [5, 5.41) is 11.9. The van der Waals surface area contributed by atoms with Gasteiger partial charge in [-0.2, -0.15) is 5.48 Å². The number of halogens is 1. The molecule has 33 heavy (non-hydrogen) atoms. The van der Waals surface area contributed by atoms with Gasteiger partial charge in [0.25, 0.3) is 5.91 Å². The highest BCUT2D eigenvalue weighted by Crippen LogP contribution is 2.25. The van der Waals surface area contributed by atoms with Crippen LogP contribution >= 0.6 is 0 Å². The average molecular weight is 463 g/mol. The number of aliphatic imine (C=N–C) groups is 1. The largest absolute Gasteiger partial charge is 0.493 e. The third-order valence-corrected chi connectivity index (χ3v) is 4.75. The molecule has 5 N–H and O–H groups in total. The number of ether oxygens (including phenoxy) is 1. The zero-order valence-electron chi connectivity index (χ0n) is 20.2. The van der Waals surface area contributed by atoms with Crippen LogP contribution < -0.4 is 16.5 Å². The zero-order chi connectivity index (χ0) is 24.9. The highest BCUT2D eigenvalue weighted by molar-refractivity contribution is 5.98. The molecule has 0 aromatic carbocycles. The minimum absolute atomic E-state index is 0.191. The van der Waals surface area contributed by atoms with E-state index in [2.05, 4.69) is 16.9 Å². The Hall–Kier alpha value is -2.55. The van der Waals surface area contributed by atoms with Gasteiger partial charge in [-0.15, -0.1) is 0 Å². The van der Waals surface area contributed by atoms with Crippen molar-refractivity contribution in [1.82, 2.24) is 10.8 Å². The first-order valence-electron chi connectivity index (χ1n) is 11.3. The Morgan fingerprint density at radius 1 is 1.45 bits per heavy atom. The minimum Gasteiger partial charge on any atom is -0.493 e. The molecule has 0 saturated carbocycles. The van der Waals surface area contributed by atoms with Crippen LogP contribution in [0.5, 0.6) is 0 Å². The summed E-state index contributed by atoms with van der Waals surface area (Å²) < 4.78 is 18.9. The van der Waals surface area contributed by atoms with Crippen molar-refractivity contribution in [2.75, 3.05) is 6.54 Å². The van der Waals surface area contributed by atoms with E-state index in [9.17, 15) is 9.18 Å². The first-order valence-corrected chi connectivity index (χ1v) is 11.3. The van der Waals surface area contributed by atoms with E-state index in [1.165, 1.54) is 18.2 Å². The third kappa shape index (κ3) is 11.8. The molecular weight excluding hydrogens is 423 g/mol. The van der Waals surface area contributed by atoms with E-state index in [1.807, 2.05) is 26.3 Å². The van der Waals surface area contributed by atoms with Gasteiger partial charge >= 0.3 is 0 Å². The second-order valence-electron chi connectivity index (χ2n) is 8.82. The maximum absolute atomic E-state index is 13.1. The normalized spacial score (nSPS) is 18.3. The summed E-state index contributed by atoms with van der Waals surface area (Å²) in [4.78, 5) is 17.1. The van der Waals surface area contributed by atoms with Crippen LogP contribution in [0.25, 0.3) is 0 Å². The average Bonchev–Trinajstić information content (AvgIpc) is 2.76. The molecule has 2 atom stereocenters. The van der Waals surface area contributed by atoms with Crippen molar-refractivity contribution in [2.24, 2.45) is 16.6 Å². The minimum atomic E-state index is -0.670. The summed E-state index contributed by atoms with van der Waals surface area (Å²) >= 11 is 0. The molecule has 1 aliphatic carbocycles. The van der Waals surface area contributed by atoms with E-state index in [-0.39, 0.29) is 29.8 Å². The van der Waals surface area contributed by atoms with E-state index in [4.69, 9.17) is 15.7 Å². The smallest absolute Gasteiger partial charge is 0.253 e. The molecule has 184 valence electrons. The van der Waals surface area contributed by atoms with E-state index in [1.54, 1.807) is 25.3 Å². The van der Waals surface area contributed by atoms with Crippen molar-refractivity contribution < 1.29 is 19.1 Å². The maximum atomic E-state index is 13.1. The molecule has 8 heteroatoms. The molecule has 2 unspecified atom stereocenters. The lowest BCUT2D eigenvalue weighted by molar-refractivity contribution is -0.117. The predicted octanol–water partition coefficient (Wildman–Crippen LogP) is 4.59. The number of carbonyl (C=O) groups is 1. The fourth-order valence-corrected chi connectivity index (χ4v) is 3.11. The Labute approximate surface area is 197 Å². The van der Waals surface area contributed by atoms with Crippen LogP contribution in [0, 0.1) is 5.92 Å². The number of hydroxylamine groups is 1. The predicted molar refractivity (Wildman–Crippen MR) is 131 cm³/mol. The zero-order valence-corrected chi connectivity index (χ0v) is 20.2. The fraction of sp³-hybridized carbons (Fsp3) is 0.520. The molecule has 7 nitrogen and oxygen atoms in total. The number of nitrogens with two attached hydrogens (primary N) is 1. The Morgan fingerprint density at radius 3 is 2.82 bits per heavy atom. The number of amides is 1. The molecule has 0 fully saturated rings. The van der Waals surface area contributed by atoms with Crippen LogP contribution in [0.4, 0.5) is 4.39 Å². The lowest BCUT2D eigenvalue weighted by Gasteiger charge is -2.23. The molecule has 1 aliphatic rings. The maximum Gasteiger partial charge on any atom is 0.253 e. The van der Waals surface area contributed by atoms with Gasteiger partial charge in [0, 0.05) is 25.1 Å². The summed E-state index contributed by atoms with van der Waals surface area (Å²) in [5.74, 6) is -0.106. The molecular formula is C25H39FN4O3. The van der Waals surface area contributed by atoms with Gasteiger partial charge in [0.1, 0.15) is 11.4 Å². The molecule has 0 bridgehead atoms. The van der Waals surface area contributed by atoms with Gasteiger partial charge < -0.3 is 21.0 Å². The lowest BCUT2D eigenvalue weighted by Crippen LogP contribution is -2.42. The molecule has 0 saturated heterocycles. The quantitative estimate of drug-likeness (QED) is 0.0800. The Bertz CT molecular complexity index is 807. The van der Waals surface area contributed by atoms with Crippen LogP contribution in [0.15, 0.2) is 64.8 Å². The van der Waals surface area contributed by atoms with Gasteiger partial charge in [-0.1, -0.05) is 30.9 Å². The number of nitrogens with zero attached hydrogens (tertiary/aromatic N) is 1. The highest BCUT2D eigenvalue weighted by Gasteiger charge is 2.23. The first kappa shape index (κ1) is 28.5. The van der Waals surface area contributed by atoms with Crippen molar-refractivity contribution in [1.29, 1.82) is 0 Å². The lowest BCUT2D eigenvalue weighted by atomic mass is 9.92. The molecule has 0 aromatic heterocycles. The van der Waals surface area contributed by atoms with Crippen molar-refractivity contribution in [2.45, 2.75) is 71.6 Å². The molecule has 1 rings (SSSR count). The number of hydrogen-bond donors (Lipinski definition) is 4. The number of nitrogens with one attached hydrogen (secondary N) is 2. The van der Waals surface area contributed by atoms with E-state index < -0.39 is 6.17 Å². The molecule has 1 amide bonds. The van der Waals surface area contributed by atoms with Gasteiger partial charge in [0.2, 0.25) is 0 Å².